The van der Waals surface area contributed by atoms with Crippen LogP contribution in [0.3, 0.4) is 0 Å². The maximum absolute atomic E-state index is 12.8. The lowest BCUT2D eigenvalue weighted by Crippen LogP contribution is -2.36. The fourth-order valence-corrected chi connectivity index (χ4v) is 2.61. The lowest BCUT2D eigenvalue weighted by molar-refractivity contribution is -0.121. The maximum atomic E-state index is 12.8. The van der Waals surface area contributed by atoms with Crippen molar-refractivity contribution in [2.24, 2.45) is 0 Å². The van der Waals surface area contributed by atoms with Crippen LogP contribution in [0.4, 0.5) is 4.39 Å². The molecule has 2 rings (SSSR count). The number of nitrogens with one attached hydrogen (secondary N) is 1. The summed E-state index contributed by atoms with van der Waals surface area (Å²) in [4.78, 5) is 13.9. The summed E-state index contributed by atoms with van der Waals surface area (Å²) in [5.41, 5.74) is 2.13. The molecule has 0 atom stereocenters. The van der Waals surface area contributed by atoms with Crippen molar-refractivity contribution in [3.05, 3.63) is 65.5 Å². The molecule has 0 saturated carbocycles. The third kappa shape index (κ3) is 7.23. The predicted molar refractivity (Wildman–Crippen MR) is 102 cm³/mol. The van der Waals surface area contributed by atoms with Gasteiger partial charge in [-0.25, -0.2) is 4.39 Å². The Morgan fingerprint density at radius 3 is 2.62 bits per heavy atom. The highest BCUT2D eigenvalue weighted by Gasteiger charge is 2.06. The van der Waals surface area contributed by atoms with Crippen LogP contribution in [0.15, 0.2) is 48.5 Å². The Kier molecular flexibility index (Phi) is 8.09. The second-order valence-corrected chi connectivity index (χ2v) is 6.43. The number of hydrogen-bond acceptors (Lipinski definition) is 3. The number of nitrogens with zero attached hydrogens (tertiary/aromatic N) is 1. The number of likely N-dealkylation sites (N-methyl/N-ethyl adjacent to an activating group) is 1. The summed E-state index contributed by atoms with van der Waals surface area (Å²) in [6, 6.07) is 14.3. The van der Waals surface area contributed by atoms with E-state index in [0.29, 0.717) is 26.1 Å². The van der Waals surface area contributed by atoms with Crippen molar-refractivity contribution in [3.8, 4) is 5.75 Å². The summed E-state index contributed by atoms with van der Waals surface area (Å²) < 4.78 is 18.6. The van der Waals surface area contributed by atoms with Gasteiger partial charge in [0.05, 0.1) is 13.2 Å². The van der Waals surface area contributed by atoms with E-state index in [4.69, 9.17) is 4.74 Å². The Morgan fingerprint density at radius 2 is 1.88 bits per heavy atom. The molecule has 1 amide bonds. The summed E-state index contributed by atoms with van der Waals surface area (Å²) in [5, 5.41) is 2.89. The molecule has 2 aromatic carbocycles. The van der Waals surface area contributed by atoms with Gasteiger partial charge in [-0.05, 0) is 56.1 Å². The Hall–Kier alpha value is -2.40. The van der Waals surface area contributed by atoms with E-state index in [9.17, 15) is 9.18 Å². The van der Waals surface area contributed by atoms with Gasteiger partial charge in [-0.3, -0.25) is 9.69 Å². The average Bonchev–Trinajstić information content (AvgIpc) is 2.62. The monoisotopic (exact) mass is 358 g/mol. The average molecular weight is 358 g/mol. The summed E-state index contributed by atoms with van der Waals surface area (Å²) >= 11 is 0. The topological polar surface area (TPSA) is 41.6 Å². The molecule has 5 heteroatoms. The van der Waals surface area contributed by atoms with Gasteiger partial charge < -0.3 is 10.1 Å². The maximum Gasteiger partial charge on any atom is 0.234 e. The lowest BCUT2D eigenvalue weighted by Gasteiger charge is -2.16. The van der Waals surface area contributed by atoms with Gasteiger partial charge in [0.1, 0.15) is 11.6 Å². The molecule has 0 radical (unpaired) electrons. The number of rotatable bonds is 10. The highest BCUT2D eigenvalue weighted by Crippen LogP contribution is 2.16. The fourth-order valence-electron chi connectivity index (χ4n) is 2.61. The van der Waals surface area contributed by atoms with Crippen LogP contribution in [0.5, 0.6) is 5.75 Å². The number of amides is 1. The molecule has 0 aromatic heterocycles. The molecule has 0 spiro atoms. The Bertz CT molecular complexity index is 689. The second kappa shape index (κ2) is 10.6. The lowest BCUT2D eigenvalue weighted by atomic mass is 10.1. The van der Waals surface area contributed by atoms with Crippen LogP contribution in [0.2, 0.25) is 0 Å². The Morgan fingerprint density at radius 1 is 1.15 bits per heavy atom. The summed E-state index contributed by atoms with van der Waals surface area (Å²) in [7, 11) is 1.92. The van der Waals surface area contributed by atoms with Crippen LogP contribution >= 0.6 is 0 Å². The van der Waals surface area contributed by atoms with E-state index < -0.39 is 0 Å². The highest BCUT2D eigenvalue weighted by molar-refractivity contribution is 5.77. The molecule has 0 bridgehead atoms. The third-order valence-corrected chi connectivity index (χ3v) is 4.10. The van der Waals surface area contributed by atoms with Gasteiger partial charge in [0.2, 0.25) is 5.91 Å². The van der Waals surface area contributed by atoms with Crippen LogP contribution < -0.4 is 10.1 Å². The number of halogens is 1. The van der Waals surface area contributed by atoms with Crippen molar-refractivity contribution in [3.63, 3.8) is 0 Å². The van der Waals surface area contributed by atoms with Crippen LogP contribution in [-0.2, 0) is 11.2 Å². The number of carbonyl (C=O) groups excluding carboxylic acids is 1. The molecule has 0 fully saturated rings. The van der Waals surface area contributed by atoms with Crippen LogP contribution in [0, 0.1) is 12.7 Å². The van der Waals surface area contributed by atoms with Crippen molar-refractivity contribution >= 4 is 5.91 Å². The smallest absolute Gasteiger partial charge is 0.234 e. The molecule has 2 aromatic rings. The van der Waals surface area contributed by atoms with Gasteiger partial charge in [-0.1, -0.05) is 30.3 Å². The molecule has 0 aliphatic heterocycles. The third-order valence-electron chi connectivity index (χ3n) is 4.10. The van der Waals surface area contributed by atoms with Gasteiger partial charge in [-0.15, -0.1) is 0 Å². The molecule has 0 heterocycles. The number of hydrogen-bond donors (Lipinski definition) is 1. The zero-order valence-electron chi connectivity index (χ0n) is 15.5. The van der Waals surface area contributed by atoms with E-state index in [1.165, 1.54) is 12.1 Å². The minimum atomic E-state index is -0.245. The molecule has 0 unspecified atom stereocenters. The summed E-state index contributed by atoms with van der Waals surface area (Å²) in [6.45, 7) is 4.35. The quantitative estimate of drug-likeness (QED) is 0.663. The van der Waals surface area contributed by atoms with Crippen molar-refractivity contribution in [2.75, 3.05) is 33.3 Å². The summed E-state index contributed by atoms with van der Waals surface area (Å²) in [5.74, 6) is 0.661. The first-order chi connectivity index (χ1) is 12.5. The van der Waals surface area contributed by atoms with E-state index in [1.54, 1.807) is 12.1 Å². The number of para-hydroxylation sites is 1. The fraction of sp³-hybridized carbons (Fsp3) is 0.381. The second-order valence-electron chi connectivity index (χ2n) is 6.43. The van der Waals surface area contributed by atoms with Crippen molar-refractivity contribution in [2.45, 2.75) is 19.8 Å². The minimum absolute atomic E-state index is 0.00515. The van der Waals surface area contributed by atoms with Gasteiger partial charge in [0, 0.05) is 13.1 Å². The highest BCUT2D eigenvalue weighted by atomic mass is 19.1. The zero-order chi connectivity index (χ0) is 18.8. The van der Waals surface area contributed by atoms with Crippen molar-refractivity contribution in [1.29, 1.82) is 0 Å². The van der Waals surface area contributed by atoms with Crippen LogP contribution in [-0.4, -0.2) is 44.1 Å². The normalized spacial score (nSPS) is 10.8. The molecule has 1 N–H and O–H groups in total. The first kappa shape index (κ1) is 19.9. The zero-order valence-corrected chi connectivity index (χ0v) is 15.5. The first-order valence-corrected chi connectivity index (χ1v) is 8.92. The molecule has 0 aliphatic rings. The first-order valence-electron chi connectivity index (χ1n) is 8.92. The predicted octanol–water partition coefficient (Wildman–Crippen LogP) is 3.19. The largest absolute Gasteiger partial charge is 0.493 e. The van der Waals surface area contributed by atoms with Gasteiger partial charge in [-0.2, -0.15) is 0 Å². The summed E-state index contributed by atoms with van der Waals surface area (Å²) in [6.07, 6.45) is 1.55. The Labute approximate surface area is 155 Å². The van der Waals surface area contributed by atoms with Crippen molar-refractivity contribution < 1.29 is 13.9 Å². The van der Waals surface area contributed by atoms with Gasteiger partial charge in [0.25, 0.3) is 0 Å². The van der Waals surface area contributed by atoms with E-state index >= 15 is 0 Å². The SMILES string of the molecule is Cc1ccccc1OCCCN(C)CC(=O)NCCc1ccc(F)cc1. The van der Waals surface area contributed by atoms with E-state index in [2.05, 4.69) is 5.32 Å². The molecule has 140 valence electrons. The molecule has 0 aliphatic carbocycles. The Balaban J connectivity index is 1.57. The molecule has 26 heavy (non-hydrogen) atoms. The minimum Gasteiger partial charge on any atom is -0.493 e. The number of ether oxygens (including phenoxy) is 1. The van der Waals surface area contributed by atoms with Crippen LogP contribution in [0.25, 0.3) is 0 Å². The number of carbonyl (C=O) groups is 1. The molecular weight excluding hydrogens is 331 g/mol. The van der Waals surface area contributed by atoms with Crippen molar-refractivity contribution in [1.82, 2.24) is 10.2 Å². The molecule has 4 nitrogen and oxygen atoms in total. The van der Waals surface area contributed by atoms with E-state index in [1.807, 2.05) is 43.1 Å². The van der Waals surface area contributed by atoms with E-state index in [-0.39, 0.29) is 11.7 Å². The standard InChI is InChI=1S/C21H27FN2O2/c1-17-6-3-4-7-20(17)26-15-5-14-24(2)16-21(25)23-13-12-18-8-10-19(22)11-9-18/h3-4,6-11H,5,12-16H2,1-2H3,(H,23,25). The molecular formula is C21H27FN2O2. The number of aryl methyl sites for hydroxylation is 1. The molecule has 0 saturated heterocycles. The van der Waals surface area contributed by atoms with Crippen LogP contribution in [0.1, 0.15) is 17.5 Å². The number of benzene rings is 2. The van der Waals surface area contributed by atoms with Gasteiger partial charge >= 0.3 is 0 Å². The van der Waals surface area contributed by atoms with E-state index in [0.717, 1.165) is 29.8 Å². The van der Waals surface area contributed by atoms with Gasteiger partial charge in [0.15, 0.2) is 0 Å².